The first-order chi connectivity index (χ1) is 7.47. The van der Waals surface area contributed by atoms with Crippen LogP contribution in [0.15, 0.2) is 0 Å². The minimum Gasteiger partial charge on any atom is -0.317 e. The fourth-order valence-corrected chi connectivity index (χ4v) is 2.20. The lowest BCUT2D eigenvalue weighted by Gasteiger charge is -2.37. The van der Waals surface area contributed by atoms with Crippen LogP contribution in [0.4, 0.5) is 13.2 Å². The maximum atomic E-state index is 11.9. The molecular weight excluding hydrogens is 217 g/mol. The zero-order valence-electron chi connectivity index (χ0n) is 9.79. The molecule has 0 aliphatic carbocycles. The number of hydrogen-bond acceptors (Lipinski definition) is 2. The van der Waals surface area contributed by atoms with E-state index >= 15 is 0 Å². The van der Waals surface area contributed by atoms with Gasteiger partial charge >= 0.3 is 6.18 Å². The molecule has 0 aromatic carbocycles. The minimum atomic E-state index is -4.04. The van der Waals surface area contributed by atoms with Gasteiger partial charge in [-0.2, -0.15) is 13.2 Å². The van der Waals surface area contributed by atoms with E-state index < -0.39 is 12.6 Å². The SMILES string of the molecule is CCC1(CNCCC(F)(F)F)CCNCC1. The average molecular weight is 238 g/mol. The van der Waals surface area contributed by atoms with Crippen molar-refractivity contribution in [3.63, 3.8) is 0 Å². The van der Waals surface area contributed by atoms with Crippen molar-refractivity contribution in [1.29, 1.82) is 0 Å². The van der Waals surface area contributed by atoms with Crippen LogP contribution < -0.4 is 10.6 Å². The number of piperidine rings is 1. The van der Waals surface area contributed by atoms with Crippen LogP contribution in [0.5, 0.6) is 0 Å². The van der Waals surface area contributed by atoms with Crippen molar-refractivity contribution < 1.29 is 13.2 Å². The van der Waals surface area contributed by atoms with E-state index in [-0.39, 0.29) is 12.0 Å². The Balaban J connectivity index is 2.23. The van der Waals surface area contributed by atoms with Crippen molar-refractivity contribution in [2.24, 2.45) is 5.41 Å². The smallest absolute Gasteiger partial charge is 0.317 e. The molecule has 0 aromatic rings. The van der Waals surface area contributed by atoms with Gasteiger partial charge in [0.05, 0.1) is 6.42 Å². The number of hydrogen-bond donors (Lipinski definition) is 2. The molecule has 2 nitrogen and oxygen atoms in total. The van der Waals surface area contributed by atoms with Crippen molar-refractivity contribution in [2.75, 3.05) is 26.2 Å². The first kappa shape index (κ1) is 13.8. The second-order valence-electron chi connectivity index (χ2n) is 4.65. The molecule has 1 aliphatic rings. The van der Waals surface area contributed by atoms with Crippen molar-refractivity contribution in [2.45, 2.75) is 38.8 Å². The second-order valence-corrected chi connectivity index (χ2v) is 4.65. The molecule has 2 N–H and O–H groups in total. The lowest BCUT2D eigenvalue weighted by atomic mass is 9.76. The highest BCUT2D eigenvalue weighted by Gasteiger charge is 2.30. The van der Waals surface area contributed by atoms with Crippen molar-refractivity contribution in [1.82, 2.24) is 10.6 Å². The number of halogens is 3. The molecule has 0 spiro atoms. The Morgan fingerprint density at radius 1 is 1.25 bits per heavy atom. The minimum absolute atomic E-state index is 0.0404. The average Bonchev–Trinajstić information content (AvgIpc) is 2.25. The summed E-state index contributed by atoms with van der Waals surface area (Å²) < 4.78 is 35.8. The summed E-state index contributed by atoms with van der Waals surface area (Å²) in [6, 6.07) is 0. The Hall–Kier alpha value is -0.290. The van der Waals surface area contributed by atoms with Crippen molar-refractivity contribution in [3.8, 4) is 0 Å². The van der Waals surface area contributed by atoms with E-state index in [4.69, 9.17) is 0 Å². The standard InChI is InChI=1S/C11H21F3N2/c1-2-10(3-6-15-7-4-10)9-16-8-5-11(12,13)14/h15-16H,2-9H2,1H3. The van der Waals surface area contributed by atoms with E-state index in [1.165, 1.54) is 0 Å². The fraction of sp³-hybridized carbons (Fsp3) is 1.00. The van der Waals surface area contributed by atoms with Crippen LogP contribution in [0, 0.1) is 5.41 Å². The molecular formula is C11H21F3N2. The van der Waals surface area contributed by atoms with Gasteiger partial charge in [-0.15, -0.1) is 0 Å². The van der Waals surface area contributed by atoms with Gasteiger partial charge in [0, 0.05) is 13.1 Å². The molecule has 1 saturated heterocycles. The van der Waals surface area contributed by atoms with E-state index in [9.17, 15) is 13.2 Å². The van der Waals surface area contributed by atoms with E-state index in [1.54, 1.807) is 0 Å². The highest BCUT2D eigenvalue weighted by Crippen LogP contribution is 2.31. The van der Waals surface area contributed by atoms with Crippen molar-refractivity contribution >= 4 is 0 Å². The second kappa shape index (κ2) is 5.87. The van der Waals surface area contributed by atoms with Gasteiger partial charge in [0.2, 0.25) is 0 Å². The summed E-state index contributed by atoms with van der Waals surface area (Å²) in [5.74, 6) is 0. The van der Waals surface area contributed by atoms with Crippen LogP contribution in [0.25, 0.3) is 0 Å². The van der Waals surface area contributed by atoms with Crippen LogP contribution >= 0.6 is 0 Å². The molecule has 1 fully saturated rings. The lowest BCUT2D eigenvalue weighted by molar-refractivity contribution is -0.133. The highest BCUT2D eigenvalue weighted by atomic mass is 19.4. The van der Waals surface area contributed by atoms with E-state index in [1.807, 2.05) is 0 Å². The van der Waals surface area contributed by atoms with Gasteiger partial charge in [0.25, 0.3) is 0 Å². The molecule has 0 amide bonds. The topological polar surface area (TPSA) is 24.1 Å². The Morgan fingerprint density at radius 2 is 1.88 bits per heavy atom. The van der Waals surface area contributed by atoms with Gasteiger partial charge in [-0.3, -0.25) is 0 Å². The third-order valence-corrected chi connectivity index (χ3v) is 3.50. The molecule has 5 heteroatoms. The number of rotatable bonds is 5. The van der Waals surface area contributed by atoms with Gasteiger partial charge < -0.3 is 10.6 Å². The molecule has 16 heavy (non-hydrogen) atoms. The molecule has 0 atom stereocenters. The molecule has 0 radical (unpaired) electrons. The van der Waals surface area contributed by atoms with Gasteiger partial charge in [-0.1, -0.05) is 6.92 Å². The normalized spacial score (nSPS) is 21.0. The van der Waals surface area contributed by atoms with Crippen LogP contribution in [0.1, 0.15) is 32.6 Å². The van der Waals surface area contributed by atoms with Crippen LogP contribution in [-0.2, 0) is 0 Å². The quantitative estimate of drug-likeness (QED) is 0.718. The number of nitrogens with one attached hydrogen (secondary N) is 2. The molecule has 0 saturated carbocycles. The first-order valence-electron chi connectivity index (χ1n) is 5.96. The van der Waals surface area contributed by atoms with E-state index in [0.717, 1.165) is 32.4 Å². The van der Waals surface area contributed by atoms with Gasteiger partial charge in [-0.25, -0.2) is 0 Å². The predicted molar refractivity (Wildman–Crippen MR) is 58.4 cm³/mol. The molecule has 1 rings (SSSR count). The third kappa shape index (κ3) is 4.70. The molecule has 1 heterocycles. The fourth-order valence-electron chi connectivity index (χ4n) is 2.20. The summed E-state index contributed by atoms with van der Waals surface area (Å²) >= 11 is 0. The maximum absolute atomic E-state index is 11.9. The van der Waals surface area contributed by atoms with Gasteiger partial charge in [-0.05, 0) is 37.8 Å². The lowest BCUT2D eigenvalue weighted by Crippen LogP contribution is -2.43. The Labute approximate surface area is 95.0 Å². The molecule has 0 bridgehead atoms. The summed E-state index contributed by atoms with van der Waals surface area (Å²) in [7, 11) is 0. The summed E-state index contributed by atoms with van der Waals surface area (Å²) in [5, 5.41) is 6.24. The van der Waals surface area contributed by atoms with E-state index in [2.05, 4.69) is 17.6 Å². The Bertz CT molecular complexity index is 198. The van der Waals surface area contributed by atoms with E-state index in [0.29, 0.717) is 6.54 Å². The summed E-state index contributed by atoms with van der Waals surface area (Å²) in [4.78, 5) is 0. The van der Waals surface area contributed by atoms with Crippen LogP contribution in [0.3, 0.4) is 0 Å². The van der Waals surface area contributed by atoms with Crippen LogP contribution in [0.2, 0.25) is 0 Å². The first-order valence-corrected chi connectivity index (χ1v) is 5.96. The largest absolute Gasteiger partial charge is 0.390 e. The Kier molecular flexibility index (Phi) is 5.05. The summed E-state index contributed by atoms with van der Waals surface area (Å²) in [5.41, 5.74) is 0.205. The summed E-state index contributed by atoms with van der Waals surface area (Å²) in [6.07, 6.45) is -1.62. The van der Waals surface area contributed by atoms with Gasteiger partial charge in [0.15, 0.2) is 0 Å². The Morgan fingerprint density at radius 3 is 2.38 bits per heavy atom. The zero-order valence-corrected chi connectivity index (χ0v) is 9.79. The molecule has 0 aromatic heterocycles. The monoisotopic (exact) mass is 238 g/mol. The molecule has 1 aliphatic heterocycles. The van der Waals surface area contributed by atoms with Crippen LogP contribution in [-0.4, -0.2) is 32.4 Å². The molecule has 0 unspecified atom stereocenters. The predicted octanol–water partition coefficient (Wildman–Crippen LogP) is 2.31. The zero-order chi connectivity index (χ0) is 12.1. The highest BCUT2D eigenvalue weighted by molar-refractivity contribution is 4.85. The third-order valence-electron chi connectivity index (χ3n) is 3.50. The molecule has 96 valence electrons. The maximum Gasteiger partial charge on any atom is 0.390 e. The van der Waals surface area contributed by atoms with Crippen molar-refractivity contribution in [3.05, 3.63) is 0 Å². The number of alkyl halides is 3. The summed E-state index contributed by atoms with van der Waals surface area (Å²) in [6.45, 7) is 4.83. The van der Waals surface area contributed by atoms with Gasteiger partial charge in [0.1, 0.15) is 0 Å².